The van der Waals surface area contributed by atoms with Crippen LogP contribution in [0.4, 0.5) is 8.78 Å². The molecule has 1 aliphatic rings. The van der Waals surface area contributed by atoms with Crippen molar-refractivity contribution in [2.75, 3.05) is 6.61 Å². The van der Waals surface area contributed by atoms with Crippen LogP contribution in [0.3, 0.4) is 0 Å². The average molecular weight is 249 g/mol. The van der Waals surface area contributed by atoms with Crippen molar-refractivity contribution in [2.24, 2.45) is 11.8 Å². The van der Waals surface area contributed by atoms with Crippen LogP contribution in [0.25, 0.3) is 0 Å². The highest BCUT2D eigenvalue weighted by Gasteiger charge is 2.37. The molecule has 0 spiro atoms. The van der Waals surface area contributed by atoms with Crippen LogP contribution in [-0.2, 0) is 4.79 Å². The summed E-state index contributed by atoms with van der Waals surface area (Å²) in [7, 11) is 0. The summed E-state index contributed by atoms with van der Waals surface area (Å²) in [6.07, 6.45) is 0.0390. The summed E-state index contributed by atoms with van der Waals surface area (Å²) in [5, 5.41) is 11.8. The van der Waals surface area contributed by atoms with E-state index in [0.717, 1.165) is 0 Å². The molecule has 3 nitrogen and oxygen atoms in total. The summed E-state index contributed by atoms with van der Waals surface area (Å²) >= 11 is 0. The first-order valence-electron chi connectivity index (χ1n) is 6.15. The van der Waals surface area contributed by atoms with Crippen molar-refractivity contribution >= 4 is 5.91 Å². The molecule has 0 bridgehead atoms. The number of nitrogens with one attached hydrogen (secondary N) is 1. The normalized spacial score (nSPS) is 22.5. The monoisotopic (exact) mass is 249 g/mol. The molecule has 1 fully saturated rings. The Hall–Kier alpha value is -0.710. The fraction of sp³-hybridized carbons (Fsp3) is 0.917. The summed E-state index contributed by atoms with van der Waals surface area (Å²) in [4.78, 5) is 11.8. The van der Waals surface area contributed by atoms with Gasteiger partial charge in [-0.2, -0.15) is 0 Å². The molecule has 100 valence electrons. The van der Waals surface area contributed by atoms with Gasteiger partial charge in [0.05, 0.1) is 12.6 Å². The number of hydrogen-bond donors (Lipinski definition) is 2. The summed E-state index contributed by atoms with van der Waals surface area (Å²) in [6, 6.07) is -0.287. The summed E-state index contributed by atoms with van der Waals surface area (Å²) in [5.74, 6) is -3.00. The Kier molecular flexibility index (Phi) is 4.86. The standard InChI is InChI=1S/C12H21F2NO2/c1-8(2)10(7-16)15-11(17)9-3-5-12(13,14)6-4-9/h8-10,16H,3-7H2,1-2H3,(H,15,17)/t10-/m1/s1. The van der Waals surface area contributed by atoms with Crippen molar-refractivity contribution in [3.63, 3.8) is 0 Å². The molecule has 2 N–H and O–H groups in total. The van der Waals surface area contributed by atoms with Crippen molar-refractivity contribution in [3.05, 3.63) is 0 Å². The van der Waals surface area contributed by atoms with Crippen LogP contribution < -0.4 is 5.32 Å². The van der Waals surface area contributed by atoms with Crippen LogP contribution in [0.2, 0.25) is 0 Å². The minimum atomic E-state index is -2.61. The van der Waals surface area contributed by atoms with E-state index in [0.29, 0.717) is 0 Å². The van der Waals surface area contributed by atoms with Crippen LogP contribution in [0.1, 0.15) is 39.5 Å². The van der Waals surface area contributed by atoms with E-state index in [-0.39, 0.29) is 56.1 Å². The molecule has 0 aliphatic heterocycles. The van der Waals surface area contributed by atoms with E-state index in [2.05, 4.69) is 5.32 Å². The first-order valence-corrected chi connectivity index (χ1v) is 6.15. The van der Waals surface area contributed by atoms with Gasteiger partial charge in [-0.3, -0.25) is 4.79 Å². The van der Waals surface area contributed by atoms with Crippen LogP contribution in [-0.4, -0.2) is 29.6 Å². The van der Waals surface area contributed by atoms with Gasteiger partial charge in [0.15, 0.2) is 0 Å². The summed E-state index contributed by atoms with van der Waals surface area (Å²) < 4.78 is 25.9. The Bertz CT molecular complexity index is 259. The maximum Gasteiger partial charge on any atom is 0.248 e. The predicted octanol–water partition coefficient (Wildman–Crippen LogP) is 1.95. The zero-order valence-corrected chi connectivity index (χ0v) is 10.4. The highest BCUT2D eigenvalue weighted by Crippen LogP contribution is 2.36. The minimum absolute atomic E-state index is 0.119. The number of amides is 1. The average Bonchev–Trinajstić information content (AvgIpc) is 2.25. The Morgan fingerprint density at radius 3 is 2.35 bits per heavy atom. The zero-order valence-electron chi connectivity index (χ0n) is 10.4. The lowest BCUT2D eigenvalue weighted by molar-refractivity contribution is -0.130. The van der Waals surface area contributed by atoms with Gasteiger partial charge < -0.3 is 10.4 Å². The third-order valence-electron chi connectivity index (χ3n) is 3.42. The van der Waals surface area contributed by atoms with Crippen molar-refractivity contribution in [1.29, 1.82) is 0 Å². The molecule has 0 aromatic rings. The van der Waals surface area contributed by atoms with E-state index >= 15 is 0 Å². The SMILES string of the molecule is CC(C)[C@@H](CO)NC(=O)C1CCC(F)(F)CC1. The molecule has 0 saturated heterocycles. The number of aliphatic hydroxyl groups is 1. The Morgan fingerprint density at radius 1 is 1.41 bits per heavy atom. The van der Waals surface area contributed by atoms with E-state index < -0.39 is 5.92 Å². The van der Waals surface area contributed by atoms with Gasteiger partial charge in [0.25, 0.3) is 0 Å². The lowest BCUT2D eigenvalue weighted by Crippen LogP contribution is -2.45. The largest absolute Gasteiger partial charge is 0.394 e. The molecular weight excluding hydrogens is 228 g/mol. The third kappa shape index (κ3) is 4.22. The number of aliphatic hydroxyl groups excluding tert-OH is 1. The molecule has 1 saturated carbocycles. The van der Waals surface area contributed by atoms with Gasteiger partial charge in [0.2, 0.25) is 11.8 Å². The van der Waals surface area contributed by atoms with Gasteiger partial charge in [0.1, 0.15) is 0 Å². The summed E-state index contributed by atoms with van der Waals surface area (Å²) in [5.41, 5.74) is 0. The molecule has 0 heterocycles. The first-order chi connectivity index (χ1) is 7.85. The van der Waals surface area contributed by atoms with Gasteiger partial charge in [-0.15, -0.1) is 0 Å². The molecule has 1 amide bonds. The number of carbonyl (C=O) groups excluding carboxylic acids is 1. The molecular formula is C12H21F2NO2. The predicted molar refractivity (Wildman–Crippen MR) is 60.8 cm³/mol. The molecule has 0 radical (unpaired) electrons. The third-order valence-corrected chi connectivity index (χ3v) is 3.42. The number of alkyl halides is 2. The molecule has 1 aliphatic carbocycles. The van der Waals surface area contributed by atoms with Gasteiger partial charge in [-0.25, -0.2) is 8.78 Å². The number of carbonyl (C=O) groups is 1. The van der Waals surface area contributed by atoms with E-state index in [9.17, 15) is 13.6 Å². The van der Waals surface area contributed by atoms with E-state index in [1.54, 1.807) is 0 Å². The minimum Gasteiger partial charge on any atom is -0.394 e. The number of rotatable bonds is 4. The molecule has 1 atom stereocenters. The van der Waals surface area contributed by atoms with Crippen LogP contribution in [0.5, 0.6) is 0 Å². The summed E-state index contributed by atoms with van der Waals surface area (Å²) in [6.45, 7) is 3.68. The van der Waals surface area contributed by atoms with E-state index in [1.807, 2.05) is 13.8 Å². The van der Waals surface area contributed by atoms with Crippen LogP contribution in [0, 0.1) is 11.8 Å². The topological polar surface area (TPSA) is 49.3 Å². The van der Waals surface area contributed by atoms with Crippen molar-refractivity contribution in [2.45, 2.75) is 51.5 Å². The molecule has 0 aromatic heterocycles. The molecule has 0 unspecified atom stereocenters. The van der Waals surface area contributed by atoms with Crippen molar-refractivity contribution in [1.82, 2.24) is 5.32 Å². The molecule has 1 rings (SSSR count). The van der Waals surface area contributed by atoms with Gasteiger partial charge >= 0.3 is 0 Å². The fourth-order valence-electron chi connectivity index (χ4n) is 2.03. The second-order valence-electron chi connectivity index (χ2n) is 5.17. The Balaban J connectivity index is 2.44. The highest BCUT2D eigenvalue weighted by atomic mass is 19.3. The molecule has 5 heteroatoms. The Labute approximate surface area is 101 Å². The maximum absolute atomic E-state index is 12.9. The fourth-order valence-corrected chi connectivity index (χ4v) is 2.03. The lowest BCUT2D eigenvalue weighted by Gasteiger charge is -2.29. The van der Waals surface area contributed by atoms with E-state index in [1.165, 1.54) is 0 Å². The lowest BCUT2D eigenvalue weighted by atomic mass is 9.86. The van der Waals surface area contributed by atoms with Gasteiger partial charge in [-0.1, -0.05) is 13.8 Å². The van der Waals surface area contributed by atoms with Crippen LogP contribution >= 0.6 is 0 Å². The Morgan fingerprint density at radius 2 is 1.94 bits per heavy atom. The van der Waals surface area contributed by atoms with Crippen molar-refractivity contribution in [3.8, 4) is 0 Å². The first kappa shape index (κ1) is 14.4. The number of hydrogen-bond acceptors (Lipinski definition) is 2. The molecule has 17 heavy (non-hydrogen) atoms. The van der Waals surface area contributed by atoms with Crippen LogP contribution in [0.15, 0.2) is 0 Å². The van der Waals surface area contributed by atoms with Gasteiger partial charge in [-0.05, 0) is 18.8 Å². The smallest absolute Gasteiger partial charge is 0.248 e. The quantitative estimate of drug-likeness (QED) is 0.800. The van der Waals surface area contributed by atoms with Crippen molar-refractivity contribution < 1.29 is 18.7 Å². The second-order valence-corrected chi connectivity index (χ2v) is 5.17. The van der Waals surface area contributed by atoms with E-state index in [4.69, 9.17) is 5.11 Å². The zero-order chi connectivity index (χ0) is 13.1. The highest BCUT2D eigenvalue weighted by molar-refractivity contribution is 5.79. The number of halogens is 2. The maximum atomic E-state index is 12.9. The molecule has 0 aromatic carbocycles. The van der Waals surface area contributed by atoms with Gasteiger partial charge in [0, 0.05) is 18.8 Å². The second kappa shape index (κ2) is 5.76.